The lowest BCUT2D eigenvalue weighted by molar-refractivity contribution is 0.102. The zero-order valence-corrected chi connectivity index (χ0v) is 10.2. The SMILES string of the molecule is CC(=O)c1cnc(Cc2ccc(C)cc2)s1. The fraction of sp³-hybridized carbons (Fsp3) is 0.231. The highest BCUT2D eigenvalue weighted by Crippen LogP contribution is 2.17. The summed E-state index contributed by atoms with van der Waals surface area (Å²) in [4.78, 5) is 16.1. The molecular weight excluding hydrogens is 218 g/mol. The molecule has 0 bridgehead atoms. The fourth-order valence-electron chi connectivity index (χ4n) is 1.44. The van der Waals surface area contributed by atoms with Gasteiger partial charge >= 0.3 is 0 Å². The number of Topliss-reactive ketones (excluding diaryl/α,β-unsaturated/α-hetero) is 1. The number of thiazole rings is 1. The Morgan fingerprint density at radius 2 is 2.00 bits per heavy atom. The van der Waals surface area contributed by atoms with Gasteiger partial charge in [-0.3, -0.25) is 4.79 Å². The topological polar surface area (TPSA) is 30.0 Å². The van der Waals surface area contributed by atoms with Crippen molar-refractivity contribution in [3.63, 3.8) is 0 Å². The van der Waals surface area contributed by atoms with E-state index in [4.69, 9.17) is 0 Å². The van der Waals surface area contributed by atoms with E-state index in [1.807, 2.05) is 0 Å². The van der Waals surface area contributed by atoms with Crippen LogP contribution in [0.3, 0.4) is 0 Å². The van der Waals surface area contributed by atoms with E-state index in [0.717, 1.165) is 16.3 Å². The Hall–Kier alpha value is -1.48. The van der Waals surface area contributed by atoms with Gasteiger partial charge in [0.2, 0.25) is 0 Å². The van der Waals surface area contributed by atoms with Gasteiger partial charge in [-0.1, -0.05) is 29.8 Å². The predicted octanol–water partition coefficient (Wildman–Crippen LogP) is 3.24. The van der Waals surface area contributed by atoms with Gasteiger partial charge < -0.3 is 0 Å². The van der Waals surface area contributed by atoms with E-state index < -0.39 is 0 Å². The van der Waals surface area contributed by atoms with Crippen LogP contribution in [0.15, 0.2) is 30.5 Å². The first-order valence-electron chi connectivity index (χ1n) is 5.16. The highest BCUT2D eigenvalue weighted by molar-refractivity contribution is 7.13. The predicted molar refractivity (Wildman–Crippen MR) is 66.1 cm³/mol. The van der Waals surface area contributed by atoms with Gasteiger partial charge in [0.05, 0.1) is 9.88 Å². The van der Waals surface area contributed by atoms with Crippen molar-refractivity contribution in [1.29, 1.82) is 0 Å². The lowest BCUT2D eigenvalue weighted by Crippen LogP contribution is -1.86. The highest BCUT2D eigenvalue weighted by Gasteiger charge is 2.06. The van der Waals surface area contributed by atoms with Crippen molar-refractivity contribution in [2.45, 2.75) is 20.3 Å². The van der Waals surface area contributed by atoms with Gasteiger partial charge in [-0.15, -0.1) is 11.3 Å². The number of benzene rings is 1. The first-order valence-corrected chi connectivity index (χ1v) is 5.98. The summed E-state index contributed by atoms with van der Waals surface area (Å²) < 4.78 is 0. The molecule has 0 radical (unpaired) electrons. The van der Waals surface area contributed by atoms with Gasteiger partial charge in [0.15, 0.2) is 5.78 Å². The van der Waals surface area contributed by atoms with Crippen LogP contribution >= 0.6 is 11.3 Å². The Morgan fingerprint density at radius 1 is 1.31 bits per heavy atom. The number of ketones is 1. The largest absolute Gasteiger partial charge is 0.294 e. The number of rotatable bonds is 3. The van der Waals surface area contributed by atoms with Crippen molar-refractivity contribution < 1.29 is 4.79 Å². The van der Waals surface area contributed by atoms with Gasteiger partial charge in [0, 0.05) is 19.5 Å². The summed E-state index contributed by atoms with van der Waals surface area (Å²) >= 11 is 1.48. The molecule has 0 saturated carbocycles. The molecule has 2 rings (SSSR count). The lowest BCUT2D eigenvalue weighted by Gasteiger charge is -1.98. The molecule has 0 atom stereocenters. The minimum atomic E-state index is 0.0904. The monoisotopic (exact) mass is 231 g/mol. The maximum Gasteiger partial charge on any atom is 0.171 e. The fourth-order valence-corrected chi connectivity index (χ4v) is 2.28. The molecule has 0 aliphatic heterocycles. The summed E-state index contributed by atoms with van der Waals surface area (Å²) in [6.45, 7) is 3.64. The molecule has 0 aliphatic carbocycles. The van der Waals surface area contributed by atoms with E-state index in [2.05, 4.69) is 36.2 Å². The Balaban J connectivity index is 2.14. The molecule has 1 aromatic heterocycles. The molecule has 0 saturated heterocycles. The van der Waals surface area contributed by atoms with Crippen LogP contribution in [0.2, 0.25) is 0 Å². The maximum absolute atomic E-state index is 11.1. The van der Waals surface area contributed by atoms with Crippen molar-refractivity contribution in [2.75, 3.05) is 0 Å². The first-order chi connectivity index (χ1) is 7.65. The minimum absolute atomic E-state index is 0.0904. The van der Waals surface area contributed by atoms with Crippen molar-refractivity contribution in [3.05, 3.63) is 51.5 Å². The zero-order chi connectivity index (χ0) is 11.5. The average Bonchev–Trinajstić information content (AvgIpc) is 2.70. The van der Waals surface area contributed by atoms with E-state index in [-0.39, 0.29) is 5.78 Å². The van der Waals surface area contributed by atoms with E-state index in [0.29, 0.717) is 0 Å². The number of carbonyl (C=O) groups excluding carboxylic acids is 1. The number of aryl methyl sites for hydroxylation is 1. The van der Waals surface area contributed by atoms with E-state index >= 15 is 0 Å². The van der Waals surface area contributed by atoms with Crippen LogP contribution in [-0.4, -0.2) is 10.8 Å². The van der Waals surface area contributed by atoms with Crippen molar-refractivity contribution in [2.24, 2.45) is 0 Å². The number of hydrogen-bond acceptors (Lipinski definition) is 3. The Morgan fingerprint density at radius 3 is 2.56 bits per heavy atom. The summed E-state index contributed by atoms with van der Waals surface area (Å²) in [5.74, 6) is 0.0904. The molecular formula is C13H13NOS. The number of aromatic nitrogens is 1. The Kier molecular flexibility index (Phi) is 3.15. The third kappa shape index (κ3) is 2.55. The Bertz CT molecular complexity index is 499. The number of nitrogens with zero attached hydrogens (tertiary/aromatic N) is 1. The third-order valence-electron chi connectivity index (χ3n) is 2.38. The molecule has 1 heterocycles. The van der Waals surface area contributed by atoms with E-state index in [1.54, 1.807) is 13.1 Å². The zero-order valence-electron chi connectivity index (χ0n) is 9.36. The molecule has 0 aliphatic rings. The second-order valence-electron chi connectivity index (χ2n) is 3.84. The molecule has 0 unspecified atom stereocenters. The summed E-state index contributed by atoms with van der Waals surface area (Å²) in [7, 11) is 0. The van der Waals surface area contributed by atoms with Crippen LogP contribution in [0.25, 0.3) is 0 Å². The van der Waals surface area contributed by atoms with Crippen LogP contribution in [0.4, 0.5) is 0 Å². The van der Waals surface area contributed by atoms with Crippen LogP contribution in [0.1, 0.15) is 32.7 Å². The van der Waals surface area contributed by atoms with Gasteiger partial charge in [0.25, 0.3) is 0 Å². The van der Waals surface area contributed by atoms with Crippen molar-refractivity contribution in [1.82, 2.24) is 4.98 Å². The standard InChI is InChI=1S/C13H13NOS/c1-9-3-5-11(6-4-9)7-13-14-8-12(16-13)10(2)15/h3-6,8H,7H2,1-2H3. The highest BCUT2D eigenvalue weighted by atomic mass is 32.1. The molecule has 0 amide bonds. The third-order valence-corrected chi connectivity index (χ3v) is 3.47. The van der Waals surface area contributed by atoms with Crippen LogP contribution in [0, 0.1) is 6.92 Å². The smallest absolute Gasteiger partial charge is 0.171 e. The van der Waals surface area contributed by atoms with Crippen LogP contribution in [0.5, 0.6) is 0 Å². The normalized spacial score (nSPS) is 10.4. The summed E-state index contributed by atoms with van der Waals surface area (Å²) in [6, 6.07) is 8.39. The first kappa shape index (κ1) is 11.0. The van der Waals surface area contributed by atoms with Crippen molar-refractivity contribution in [3.8, 4) is 0 Å². The molecule has 0 fully saturated rings. The minimum Gasteiger partial charge on any atom is -0.294 e. The summed E-state index contributed by atoms with van der Waals surface area (Å²) in [6.07, 6.45) is 2.47. The van der Waals surface area contributed by atoms with E-state index in [9.17, 15) is 4.79 Å². The average molecular weight is 231 g/mol. The number of hydrogen-bond donors (Lipinski definition) is 0. The van der Waals surface area contributed by atoms with Gasteiger partial charge in [-0.2, -0.15) is 0 Å². The lowest BCUT2D eigenvalue weighted by atomic mass is 10.1. The molecule has 82 valence electrons. The van der Waals surface area contributed by atoms with Gasteiger partial charge in [-0.05, 0) is 12.5 Å². The number of carbonyl (C=O) groups is 1. The maximum atomic E-state index is 11.1. The summed E-state index contributed by atoms with van der Waals surface area (Å²) in [5.41, 5.74) is 2.49. The van der Waals surface area contributed by atoms with Crippen LogP contribution in [-0.2, 0) is 6.42 Å². The second kappa shape index (κ2) is 4.58. The van der Waals surface area contributed by atoms with Gasteiger partial charge in [0.1, 0.15) is 0 Å². The molecule has 3 heteroatoms. The molecule has 16 heavy (non-hydrogen) atoms. The quantitative estimate of drug-likeness (QED) is 0.759. The Labute approximate surface area is 99.0 Å². The van der Waals surface area contributed by atoms with Gasteiger partial charge in [-0.25, -0.2) is 4.98 Å². The molecule has 2 nitrogen and oxygen atoms in total. The molecule has 2 aromatic rings. The molecule has 1 aromatic carbocycles. The molecule has 0 spiro atoms. The second-order valence-corrected chi connectivity index (χ2v) is 4.95. The van der Waals surface area contributed by atoms with E-state index in [1.165, 1.54) is 22.5 Å². The van der Waals surface area contributed by atoms with Crippen molar-refractivity contribution >= 4 is 17.1 Å². The molecule has 0 N–H and O–H groups in total. The summed E-state index contributed by atoms with van der Waals surface area (Å²) in [5, 5.41) is 0.994. The van der Waals surface area contributed by atoms with Crippen LogP contribution < -0.4 is 0 Å².